The van der Waals surface area contributed by atoms with Crippen molar-refractivity contribution in [1.82, 2.24) is 0 Å². The lowest BCUT2D eigenvalue weighted by atomic mass is 10.2. The Morgan fingerprint density at radius 2 is 1.24 bits per heavy atom. The molecule has 2 aliphatic rings. The van der Waals surface area contributed by atoms with Crippen LogP contribution < -0.4 is 0 Å². The second-order valence-corrected chi connectivity index (χ2v) is 7.13. The monoisotopic (exact) mass is 278 g/mol. The maximum absolute atomic E-state index is 6.29. The Morgan fingerprint density at radius 3 is 1.53 bits per heavy atom. The number of hydrogen-bond acceptors (Lipinski definition) is 5. The summed E-state index contributed by atoms with van der Waals surface area (Å²) in [6, 6.07) is 0. The molecule has 0 N–H and O–H groups in total. The average Bonchev–Trinajstić information content (AvgIpc) is 2.41. The van der Waals surface area contributed by atoms with Crippen LogP contribution in [0.1, 0.15) is 38.5 Å². The van der Waals surface area contributed by atoms with E-state index in [0.717, 1.165) is 24.3 Å². The van der Waals surface area contributed by atoms with Gasteiger partial charge in [-0.15, -0.1) is 0 Å². The molecule has 0 amide bonds. The van der Waals surface area contributed by atoms with Gasteiger partial charge in [0.15, 0.2) is 0 Å². The van der Waals surface area contributed by atoms with Crippen molar-refractivity contribution in [3.8, 4) is 0 Å². The van der Waals surface area contributed by atoms with E-state index in [1.54, 1.807) is 37.7 Å². The summed E-state index contributed by atoms with van der Waals surface area (Å²) < 4.78 is 17.6. The molecular formula is C12H22O3S2. The summed E-state index contributed by atoms with van der Waals surface area (Å²) in [6.45, 7) is 0. The van der Waals surface area contributed by atoms with E-state index in [1.165, 1.54) is 25.7 Å². The van der Waals surface area contributed by atoms with Gasteiger partial charge in [-0.2, -0.15) is 0 Å². The van der Waals surface area contributed by atoms with Crippen LogP contribution in [0.5, 0.6) is 0 Å². The van der Waals surface area contributed by atoms with Gasteiger partial charge < -0.3 is 9.47 Å². The van der Waals surface area contributed by atoms with Gasteiger partial charge in [0.05, 0.1) is 0 Å². The van der Waals surface area contributed by atoms with Gasteiger partial charge in [-0.1, -0.05) is 23.5 Å². The lowest BCUT2D eigenvalue weighted by molar-refractivity contribution is -0.274. The molecule has 2 atom stereocenters. The summed E-state index contributed by atoms with van der Waals surface area (Å²) in [5, 5.41) is -0.975. The fourth-order valence-corrected chi connectivity index (χ4v) is 4.86. The Labute approximate surface area is 112 Å². The minimum absolute atomic E-state index is 0.487. The third kappa shape index (κ3) is 3.32. The van der Waals surface area contributed by atoms with Gasteiger partial charge in [-0.05, 0) is 37.2 Å². The molecule has 2 saturated heterocycles. The minimum atomic E-state index is -0.487. The Morgan fingerprint density at radius 1 is 0.765 bits per heavy atom. The van der Waals surface area contributed by atoms with Gasteiger partial charge in [0.1, 0.15) is 0 Å². The maximum Gasteiger partial charge on any atom is 0.221 e. The zero-order valence-electron chi connectivity index (χ0n) is 10.7. The Balaban J connectivity index is 2.04. The molecule has 0 spiro atoms. The topological polar surface area (TPSA) is 27.7 Å². The normalized spacial score (nSPS) is 39.2. The van der Waals surface area contributed by atoms with Crippen molar-refractivity contribution in [2.45, 2.75) is 48.8 Å². The van der Waals surface area contributed by atoms with Gasteiger partial charge in [0.25, 0.3) is 0 Å². The number of thioether (sulfide) groups is 2. The van der Waals surface area contributed by atoms with Gasteiger partial charge in [-0.25, -0.2) is 0 Å². The SMILES string of the molecule is COC1(OC2(OC)CCCCS2)CCCCS1. The third-order valence-corrected chi connectivity index (χ3v) is 6.11. The summed E-state index contributed by atoms with van der Waals surface area (Å²) in [6.07, 6.45) is 6.77. The molecule has 0 aromatic heterocycles. The van der Waals surface area contributed by atoms with Crippen LogP contribution >= 0.6 is 23.5 Å². The second-order valence-electron chi connectivity index (χ2n) is 4.49. The van der Waals surface area contributed by atoms with Crippen LogP contribution in [0.3, 0.4) is 0 Å². The molecular weight excluding hydrogens is 256 g/mol. The first-order valence-electron chi connectivity index (χ1n) is 6.33. The molecule has 2 fully saturated rings. The number of rotatable bonds is 4. The summed E-state index contributed by atoms with van der Waals surface area (Å²) in [4.78, 5) is 0. The zero-order chi connectivity index (χ0) is 12.2. The molecule has 2 aliphatic heterocycles. The molecule has 2 rings (SSSR count). The molecule has 100 valence electrons. The zero-order valence-corrected chi connectivity index (χ0v) is 12.3. The Hall–Kier alpha value is 0.580. The highest BCUT2D eigenvalue weighted by molar-refractivity contribution is 8.01. The molecule has 5 heteroatoms. The summed E-state index contributed by atoms with van der Waals surface area (Å²) in [5.41, 5.74) is 0. The highest BCUT2D eigenvalue weighted by Crippen LogP contribution is 2.47. The first-order valence-corrected chi connectivity index (χ1v) is 8.30. The van der Waals surface area contributed by atoms with E-state index in [4.69, 9.17) is 14.2 Å². The molecule has 0 radical (unpaired) electrons. The molecule has 17 heavy (non-hydrogen) atoms. The largest absolute Gasteiger partial charge is 0.344 e. The fourth-order valence-electron chi connectivity index (χ4n) is 2.29. The quantitative estimate of drug-likeness (QED) is 0.734. The highest BCUT2D eigenvalue weighted by Gasteiger charge is 2.45. The molecule has 0 bridgehead atoms. The molecule has 2 heterocycles. The van der Waals surface area contributed by atoms with E-state index in [1.807, 2.05) is 0 Å². The van der Waals surface area contributed by atoms with E-state index in [0.29, 0.717) is 0 Å². The van der Waals surface area contributed by atoms with Gasteiger partial charge in [0, 0.05) is 27.1 Å². The van der Waals surface area contributed by atoms with E-state index in [9.17, 15) is 0 Å². The highest BCUT2D eigenvalue weighted by atomic mass is 32.2. The predicted octanol–water partition coefficient (Wildman–Crippen LogP) is 3.44. The van der Waals surface area contributed by atoms with Crippen LogP contribution in [0.25, 0.3) is 0 Å². The predicted molar refractivity (Wildman–Crippen MR) is 73.2 cm³/mol. The van der Waals surface area contributed by atoms with Crippen LogP contribution in [0.4, 0.5) is 0 Å². The average molecular weight is 278 g/mol. The Kier molecular flexibility index (Phi) is 5.06. The van der Waals surface area contributed by atoms with E-state index >= 15 is 0 Å². The molecule has 0 aliphatic carbocycles. The Bertz CT molecular complexity index is 212. The number of ether oxygens (including phenoxy) is 3. The number of hydrogen-bond donors (Lipinski definition) is 0. The van der Waals surface area contributed by atoms with E-state index in [-0.39, 0.29) is 0 Å². The molecule has 0 aromatic carbocycles. The van der Waals surface area contributed by atoms with E-state index < -0.39 is 10.2 Å². The van der Waals surface area contributed by atoms with Crippen LogP contribution in [-0.2, 0) is 14.2 Å². The summed E-state index contributed by atoms with van der Waals surface area (Å²) >= 11 is 3.56. The molecule has 0 saturated carbocycles. The van der Waals surface area contributed by atoms with Crippen molar-refractivity contribution in [2.75, 3.05) is 25.7 Å². The maximum atomic E-state index is 6.29. The lowest BCUT2D eigenvalue weighted by Gasteiger charge is -2.44. The van der Waals surface area contributed by atoms with E-state index in [2.05, 4.69) is 0 Å². The van der Waals surface area contributed by atoms with Crippen LogP contribution in [0.2, 0.25) is 0 Å². The van der Waals surface area contributed by atoms with Gasteiger partial charge in [-0.3, -0.25) is 4.74 Å². The van der Waals surface area contributed by atoms with Gasteiger partial charge >= 0.3 is 0 Å². The molecule has 3 nitrogen and oxygen atoms in total. The smallest absolute Gasteiger partial charge is 0.221 e. The lowest BCUT2D eigenvalue weighted by Crippen LogP contribution is -2.45. The van der Waals surface area contributed by atoms with Crippen molar-refractivity contribution >= 4 is 23.5 Å². The summed E-state index contributed by atoms with van der Waals surface area (Å²) in [7, 11) is 3.49. The first kappa shape index (κ1) is 14.0. The molecule has 2 unspecified atom stereocenters. The first-order chi connectivity index (χ1) is 8.24. The fraction of sp³-hybridized carbons (Fsp3) is 1.00. The molecule has 0 aromatic rings. The van der Waals surface area contributed by atoms with Crippen molar-refractivity contribution in [3.05, 3.63) is 0 Å². The van der Waals surface area contributed by atoms with Crippen molar-refractivity contribution in [1.29, 1.82) is 0 Å². The van der Waals surface area contributed by atoms with Crippen LogP contribution in [0, 0.1) is 0 Å². The minimum Gasteiger partial charge on any atom is -0.344 e. The second kappa shape index (κ2) is 6.15. The third-order valence-electron chi connectivity index (χ3n) is 3.33. The van der Waals surface area contributed by atoms with Crippen LogP contribution in [-0.4, -0.2) is 36.0 Å². The number of methoxy groups -OCH3 is 2. The summed E-state index contributed by atoms with van der Waals surface area (Å²) in [5.74, 6) is 2.22. The van der Waals surface area contributed by atoms with Crippen molar-refractivity contribution in [2.24, 2.45) is 0 Å². The van der Waals surface area contributed by atoms with Crippen molar-refractivity contribution < 1.29 is 14.2 Å². The standard InChI is InChI=1S/C12H22O3S2/c1-13-11(7-3-5-9-16-11)15-12(14-2)8-4-6-10-17-12/h3-10H2,1-2H3. The van der Waals surface area contributed by atoms with Gasteiger partial charge in [0.2, 0.25) is 10.2 Å². The van der Waals surface area contributed by atoms with Crippen LogP contribution in [0.15, 0.2) is 0 Å². The van der Waals surface area contributed by atoms with Crippen molar-refractivity contribution in [3.63, 3.8) is 0 Å².